The molecule has 132 valence electrons. The molecule has 4 rings (SSSR count). The minimum absolute atomic E-state index is 0.0235. The summed E-state index contributed by atoms with van der Waals surface area (Å²) in [6, 6.07) is 13.1. The first kappa shape index (κ1) is 16.3. The Morgan fingerprint density at radius 2 is 1.73 bits per heavy atom. The molecule has 1 aliphatic heterocycles. The van der Waals surface area contributed by atoms with Crippen molar-refractivity contribution in [3.05, 3.63) is 64.7 Å². The van der Waals surface area contributed by atoms with E-state index in [4.69, 9.17) is 0 Å². The summed E-state index contributed by atoms with van der Waals surface area (Å²) >= 11 is 0. The largest absolute Gasteiger partial charge is 0.353 e. The second-order valence-electron chi connectivity index (χ2n) is 6.28. The van der Waals surface area contributed by atoms with Crippen LogP contribution in [0.25, 0.3) is 10.8 Å². The van der Waals surface area contributed by atoms with Gasteiger partial charge < -0.3 is 9.80 Å². The quantitative estimate of drug-likeness (QED) is 0.769. The first-order valence-electron chi connectivity index (χ1n) is 8.62. The average Bonchev–Trinajstić information content (AvgIpc) is 2.71. The number of rotatable bonds is 3. The molecule has 7 nitrogen and oxygen atoms in total. The molecule has 7 heteroatoms. The van der Waals surface area contributed by atoms with Crippen molar-refractivity contribution in [2.24, 2.45) is 0 Å². The van der Waals surface area contributed by atoms with Crippen molar-refractivity contribution < 1.29 is 4.79 Å². The van der Waals surface area contributed by atoms with E-state index in [1.807, 2.05) is 35.2 Å². The molecule has 1 amide bonds. The van der Waals surface area contributed by atoms with Gasteiger partial charge >= 0.3 is 0 Å². The van der Waals surface area contributed by atoms with Crippen molar-refractivity contribution in [3.63, 3.8) is 0 Å². The van der Waals surface area contributed by atoms with Crippen molar-refractivity contribution in [2.75, 3.05) is 31.1 Å². The monoisotopic (exact) mass is 349 g/mol. The number of anilines is 1. The molecule has 1 saturated heterocycles. The van der Waals surface area contributed by atoms with Crippen LogP contribution >= 0.6 is 0 Å². The standard InChI is InChI=1S/C19H19N5O2/c25-18(13-16-14-5-1-2-6-15(14)19(26)22-21-16)24-11-9-23(10-12-24)17-7-3-4-8-20-17/h1-8H,9-13H2,(H,22,26). The second kappa shape index (κ2) is 6.95. The Labute approximate surface area is 150 Å². The summed E-state index contributed by atoms with van der Waals surface area (Å²) in [4.78, 5) is 33.0. The number of aromatic amines is 1. The van der Waals surface area contributed by atoms with Crippen LogP contribution in [0.2, 0.25) is 0 Å². The Morgan fingerprint density at radius 3 is 2.46 bits per heavy atom. The van der Waals surface area contributed by atoms with E-state index < -0.39 is 0 Å². The lowest BCUT2D eigenvalue weighted by Crippen LogP contribution is -2.49. The van der Waals surface area contributed by atoms with Crippen LogP contribution in [-0.2, 0) is 11.2 Å². The molecule has 0 saturated carbocycles. The third-order valence-corrected chi connectivity index (χ3v) is 4.70. The second-order valence-corrected chi connectivity index (χ2v) is 6.28. The Bertz CT molecular complexity index is 978. The van der Waals surface area contributed by atoms with Crippen LogP contribution in [0.15, 0.2) is 53.5 Å². The summed E-state index contributed by atoms with van der Waals surface area (Å²) in [5.74, 6) is 0.961. The maximum Gasteiger partial charge on any atom is 0.272 e. The number of carbonyl (C=O) groups is 1. The molecule has 1 N–H and O–H groups in total. The number of fused-ring (bicyclic) bond motifs is 1. The predicted octanol–water partition coefficient (Wildman–Crippen LogP) is 1.21. The maximum atomic E-state index is 12.7. The van der Waals surface area contributed by atoms with E-state index in [1.165, 1.54) is 0 Å². The molecule has 2 aromatic heterocycles. The lowest BCUT2D eigenvalue weighted by Gasteiger charge is -2.35. The number of nitrogens with one attached hydrogen (secondary N) is 1. The van der Waals surface area contributed by atoms with Crippen molar-refractivity contribution in [2.45, 2.75) is 6.42 Å². The van der Waals surface area contributed by atoms with Crippen LogP contribution in [-0.4, -0.2) is 52.2 Å². The highest BCUT2D eigenvalue weighted by molar-refractivity contribution is 5.88. The summed E-state index contributed by atoms with van der Waals surface area (Å²) < 4.78 is 0. The maximum absolute atomic E-state index is 12.7. The third kappa shape index (κ3) is 3.15. The van der Waals surface area contributed by atoms with E-state index in [0.717, 1.165) is 24.3 Å². The lowest BCUT2D eigenvalue weighted by molar-refractivity contribution is -0.130. The Kier molecular flexibility index (Phi) is 4.35. The smallest absolute Gasteiger partial charge is 0.272 e. The molecule has 0 radical (unpaired) electrons. The summed E-state index contributed by atoms with van der Waals surface area (Å²) in [6.45, 7) is 2.80. The summed E-state index contributed by atoms with van der Waals surface area (Å²) in [5, 5.41) is 7.88. The molecule has 1 aliphatic rings. The number of H-pyrrole nitrogens is 1. The van der Waals surface area contributed by atoms with Crippen LogP contribution in [0, 0.1) is 0 Å². The number of pyridine rings is 1. The Hall–Kier alpha value is -3.22. The average molecular weight is 349 g/mol. The van der Waals surface area contributed by atoms with Gasteiger partial charge in [-0.15, -0.1) is 0 Å². The van der Waals surface area contributed by atoms with Crippen LogP contribution in [0.5, 0.6) is 0 Å². The summed E-state index contributed by atoms with van der Waals surface area (Å²) in [6.07, 6.45) is 1.96. The number of aromatic nitrogens is 3. The van der Waals surface area contributed by atoms with Gasteiger partial charge in [-0.2, -0.15) is 5.10 Å². The highest BCUT2D eigenvalue weighted by atomic mass is 16.2. The van der Waals surface area contributed by atoms with Crippen LogP contribution in [0.1, 0.15) is 5.69 Å². The number of amides is 1. The van der Waals surface area contributed by atoms with Gasteiger partial charge in [0.1, 0.15) is 5.82 Å². The predicted molar refractivity (Wildman–Crippen MR) is 99.1 cm³/mol. The molecule has 26 heavy (non-hydrogen) atoms. The van der Waals surface area contributed by atoms with Gasteiger partial charge in [-0.05, 0) is 18.2 Å². The molecule has 3 aromatic rings. The number of nitrogens with zero attached hydrogens (tertiary/aromatic N) is 4. The topological polar surface area (TPSA) is 82.2 Å². The van der Waals surface area contributed by atoms with Gasteiger partial charge in [-0.1, -0.05) is 24.3 Å². The molecular weight excluding hydrogens is 330 g/mol. The van der Waals surface area contributed by atoms with Gasteiger partial charge in [0.25, 0.3) is 5.56 Å². The molecule has 0 bridgehead atoms. The first-order valence-corrected chi connectivity index (χ1v) is 8.62. The zero-order chi connectivity index (χ0) is 17.9. The minimum Gasteiger partial charge on any atom is -0.353 e. The van der Waals surface area contributed by atoms with E-state index >= 15 is 0 Å². The molecule has 1 aromatic carbocycles. The number of hydrogen-bond acceptors (Lipinski definition) is 5. The molecule has 3 heterocycles. The molecule has 0 atom stereocenters. The van der Waals surface area contributed by atoms with Gasteiger partial charge in [-0.25, -0.2) is 10.1 Å². The normalized spacial score (nSPS) is 14.6. The highest BCUT2D eigenvalue weighted by Crippen LogP contribution is 2.16. The van der Waals surface area contributed by atoms with Gasteiger partial charge in [0.2, 0.25) is 5.91 Å². The fourth-order valence-corrected chi connectivity index (χ4v) is 3.29. The molecule has 0 aliphatic carbocycles. The Balaban J connectivity index is 1.45. The van der Waals surface area contributed by atoms with E-state index in [0.29, 0.717) is 24.2 Å². The first-order chi connectivity index (χ1) is 12.7. The van der Waals surface area contributed by atoms with Crippen LogP contribution < -0.4 is 10.5 Å². The van der Waals surface area contributed by atoms with Gasteiger partial charge in [0.15, 0.2) is 0 Å². The van der Waals surface area contributed by atoms with E-state index in [2.05, 4.69) is 20.1 Å². The molecular formula is C19H19N5O2. The fourth-order valence-electron chi connectivity index (χ4n) is 3.29. The number of piperazine rings is 1. The van der Waals surface area contributed by atoms with Gasteiger partial charge in [0, 0.05) is 37.8 Å². The van der Waals surface area contributed by atoms with Crippen molar-refractivity contribution in [1.29, 1.82) is 0 Å². The zero-order valence-electron chi connectivity index (χ0n) is 14.3. The van der Waals surface area contributed by atoms with E-state index in [1.54, 1.807) is 18.3 Å². The summed E-state index contributed by atoms with van der Waals surface area (Å²) in [7, 11) is 0. The molecule has 1 fully saturated rings. The SMILES string of the molecule is O=C(Cc1n[nH]c(=O)c2ccccc12)N1CCN(c2ccccn2)CC1. The van der Waals surface area contributed by atoms with Crippen molar-refractivity contribution in [3.8, 4) is 0 Å². The number of hydrogen-bond donors (Lipinski definition) is 1. The zero-order valence-corrected chi connectivity index (χ0v) is 14.3. The molecule has 0 unspecified atom stereocenters. The van der Waals surface area contributed by atoms with Crippen LogP contribution in [0.4, 0.5) is 5.82 Å². The van der Waals surface area contributed by atoms with E-state index in [9.17, 15) is 9.59 Å². The summed E-state index contributed by atoms with van der Waals surface area (Å²) in [5.41, 5.74) is 0.373. The van der Waals surface area contributed by atoms with Crippen molar-refractivity contribution >= 4 is 22.5 Å². The molecule has 0 spiro atoms. The number of carbonyl (C=O) groups excluding carboxylic acids is 1. The fraction of sp³-hybridized carbons (Fsp3) is 0.263. The highest BCUT2D eigenvalue weighted by Gasteiger charge is 2.23. The van der Waals surface area contributed by atoms with Gasteiger partial charge in [0.05, 0.1) is 17.5 Å². The van der Waals surface area contributed by atoms with Crippen LogP contribution in [0.3, 0.4) is 0 Å². The minimum atomic E-state index is -0.235. The van der Waals surface area contributed by atoms with Crippen molar-refractivity contribution in [1.82, 2.24) is 20.1 Å². The lowest BCUT2D eigenvalue weighted by atomic mass is 10.1. The Morgan fingerprint density at radius 1 is 1.00 bits per heavy atom. The van der Waals surface area contributed by atoms with Gasteiger partial charge in [-0.3, -0.25) is 9.59 Å². The number of benzene rings is 1. The van der Waals surface area contributed by atoms with E-state index in [-0.39, 0.29) is 17.9 Å². The third-order valence-electron chi connectivity index (χ3n) is 4.70.